The molecule has 0 aromatic carbocycles. The van der Waals surface area contributed by atoms with Crippen molar-refractivity contribution in [2.75, 3.05) is 26.2 Å². The van der Waals surface area contributed by atoms with E-state index in [4.69, 9.17) is 69.0 Å². The van der Waals surface area contributed by atoms with Crippen molar-refractivity contribution in [1.29, 1.82) is 0 Å². The summed E-state index contributed by atoms with van der Waals surface area (Å²) in [6.45, 7) is 9.20. The van der Waals surface area contributed by atoms with Gasteiger partial charge in [-0.3, -0.25) is 4.79 Å². The molecule has 310 valence electrons. The number of carbonyl (C=O) groups is 1. The molecule has 0 radical (unpaired) electrons. The molecule has 18 nitrogen and oxygen atoms in total. The molecule has 1 amide bonds. The van der Waals surface area contributed by atoms with Crippen LogP contribution in [0.15, 0.2) is 11.8 Å². The van der Waals surface area contributed by atoms with Gasteiger partial charge >= 0.3 is 0 Å². The highest BCUT2D eigenvalue weighted by atomic mass is 16.6. The number of rotatable bonds is 9. The van der Waals surface area contributed by atoms with Crippen molar-refractivity contribution < 1.29 is 54.8 Å². The van der Waals surface area contributed by atoms with Gasteiger partial charge in [0.15, 0.2) is 6.29 Å². The maximum Gasteiger partial charge on any atom is 0.249 e. The largest absolute Gasteiger partial charge is 0.468 e. The number of carbonyl (C=O) groups excluding carboxylic acids is 1. The summed E-state index contributed by atoms with van der Waals surface area (Å²) in [5.74, 6) is 0.958. The van der Waals surface area contributed by atoms with Crippen LogP contribution in [0.5, 0.6) is 0 Å². The zero-order valence-electron chi connectivity index (χ0n) is 31.6. The number of amides is 1. The third kappa shape index (κ3) is 19.7. The number of hydrogen-bond donors (Lipinski definition) is 14. The summed E-state index contributed by atoms with van der Waals surface area (Å²) >= 11 is 0. The van der Waals surface area contributed by atoms with Crippen LogP contribution in [-0.4, -0.2) is 147 Å². The topological polar surface area (TPSA) is 355 Å². The molecule has 52 heavy (non-hydrogen) atoms. The number of ether oxygens (including phenoxy) is 3. The molecule has 1 aliphatic carbocycles. The lowest BCUT2D eigenvalue weighted by molar-refractivity contribution is -0.238. The Morgan fingerprint density at radius 2 is 1.54 bits per heavy atom. The quantitative estimate of drug-likeness (QED) is 0.109. The first kappa shape index (κ1) is 50.4. The van der Waals surface area contributed by atoms with E-state index in [9.17, 15) is 20.1 Å². The molecule has 0 aromatic heterocycles. The minimum absolute atomic E-state index is 0.0153. The second-order valence-corrected chi connectivity index (χ2v) is 13.8. The van der Waals surface area contributed by atoms with E-state index in [1.54, 1.807) is 6.92 Å². The number of nitrogens with one attached hydrogen (secondary N) is 1. The Kier molecular flexibility index (Phi) is 27.1. The Labute approximate surface area is 309 Å². The average Bonchev–Trinajstić information content (AvgIpc) is 3.44. The van der Waals surface area contributed by atoms with Crippen LogP contribution in [0.2, 0.25) is 0 Å². The lowest BCUT2D eigenvalue weighted by Crippen LogP contribution is -2.62. The number of nitrogens with two attached hydrogens (primary N) is 6. The molecule has 18 heteroatoms. The fourth-order valence-electron chi connectivity index (χ4n) is 5.53. The van der Waals surface area contributed by atoms with E-state index in [-0.39, 0.29) is 55.5 Å². The predicted octanol–water partition coefficient (Wildman–Crippen LogP) is -3.35. The standard InChI is InChI=1S/C11H23N3O2.C7H14N2O2.C6H14N2O4.C6H12O3.C4H10/c1-7-4-8(13)6-9(5-7)14-11(16)10(15)2-3-12;8-4-3-5-1-2-6(9)7(10)11-5;7-1-2-4(9)5(10)3(8)6(11)12-2;1-4-6(8)2-5(3-7)9-4;1-3-4-2/h7-10,15H,2-6,12-13H2,1H3,(H,14,16);1,6-7,10H,2-4,8-9H2;2-6,9-11H,1,7-8H2;4-8H,2-3H2,1H3;3-4H2,1-2H3/t;6-,7+;2-,3+,4+,5?,6-;4?,5?,6-;/m.101./s1. The molecule has 4 rings (SSSR count). The normalized spacial score (nSPS) is 35.9. The lowest BCUT2D eigenvalue weighted by Gasteiger charge is -2.38. The second-order valence-electron chi connectivity index (χ2n) is 13.8. The van der Waals surface area contributed by atoms with Crippen LogP contribution in [0.3, 0.4) is 0 Å². The molecular weight excluding hydrogens is 682 g/mol. The van der Waals surface area contributed by atoms with Gasteiger partial charge in [-0.1, -0.05) is 33.6 Å². The van der Waals surface area contributed by atoms with Crippen LogP contribution in [-0.2, 0) is 19.0 Å². The molecule has 14 atom stereocenters. The van der Waals surface area contributed by atoms with Gasteiger partial charge < -0.3 is 89.7 Å². The smallest absolute Gasteiger partial charge is 0.249 e. The van der Waals surface area contributed by atoms with E-state index in [1.165, 1.54) is 12.8 Å². The maximum atomic E-state index is 11.6. The van der Waals surface area contributed by atoms with E-state index >= 15 is 0 Å². The highest BCUT2D eigenvalue weighted by molar-refractivity contribution is 5.80. The lowest BCUT2D eigenvalue weighted by atomic mass is 9.84. The molecule has 3 aliphatic heterocycles. The minimum atomic E-state index is -1.27. The zero-order valence-corrected chi connectivity index (χ0v) is 31.6. The average molecular weight is 756 g/mol. The molecule has 3 heterocycles. The van der Waals surface area contributed by atoms with Crippen molar-refractivity contribution in [3.8, 4) is 0 Å². The Hall–Kier alpha value is -1.59. The van der Waals surface area contributed by atoms with Crippen LogP contribution in [0.25, 0.3) is 0 Å². The fourth-order valence-corrected chi connectivity index (χ4v) is 5.53. The molecule has 3 fully saturated rings. The van der Waals surface area contributed by atoms with Gasteiger partial charge in [-0.05, 0) is 64.1 Å². The minimum Gasteiger partial charge on any atom is -0.468 e. The van der Waals surface area contributed by atoms with Gasteiger partial charge in [0.05, 0.1) is 42.8 Å². The van der Waals surface area contributed by atoms with Gasteiger partial charge in [-0.2, -0.15) is 0 Å². The van der Waals surface area contributed by atoms with E-state index in [1.807, 2.05) is 6.08 Å². The first-order valence-electron chi connectivity index (χ1n) is 18.5. The highest BCUT2D eigenvalue weighted by Gasteiger charge is 2.41. The third-order valence-corrected chi connectivity index (χ3v) is 8.87. The zero-order chi connectivity index (χ0) is 40.0. The number of hydrogen-bond acceptors (Lipinski definition) is 17. The second kappa shape index (κ2) is 27.9. The van der Waals surface area contributed by atoms with E-state index < -0.39 is 43.0 Å². The van der Waals surface area contributed by atoms with Gasteiger partial charge in [-0.25, -0.2) is 0 Å². The van der Waals surface area contributed by atoms with Crippen LogP contribution >= 0.6 is 0 Å². The number of aliphatic hydroxyl groups is 7. The van der Waals surface area contributed by atoms with Gasteiger partial charge in [-0.15, -0.1) is 0 Å². The van der Waals surface area contributed by atoms with Gasteiger partial charge in [0.2, 0.25) is 12.2 Å². The Bertz CT molecular complexity index is 933. The summed E-state index contributed by atoms with van der Waals surface area (Å²) in [6.07, 6.45) is 2.64. The van der Waals surface area contributed by atoms with Gasteiger partial charge in [0.1, 0.15) is 24.4 Å². The third-order valence-electron chi connectivity index (χ3n) is 8.87. The molecule has 2 saturated heterocycles. The van der Waals surface area contributed by atoms with Crippen LogP contribution < -0.4 is 39.7 Å². The van der Waals surface area contributed by atoms with E-state index in [0.29, 0.717) is 44.7 Å². The first-order valence-corrected chi connectivity index (χ1v) is 18.5. The van der Waals surface area contributed by atoms with Crippen molar-refractivity contribution in [2.24, 2.45) is 40.3 Å². The van der Waals surface area contributed by atoms with Crippen molar-refractivity contribution in [1.82, 2.24) is 5.32 Å². The SMILES string of the molecule is CC1CC(N)CC(NC(=O)C(O)CCN)C1.CC1OC(CO)C[C@H]1O.CCCC.NCCC1=CC[C@@H](N)[C@@H](O)O1.NC[C@@H]1O[C@H](O)[C@H](N)C(O)[C@@H]1O. The summed E-state index contributed by atoms with van der Waals surface area (Å²) in [7, 11) is 0. The molecule has 0 aromatic rings. The van der Waals surface area contributed by atoms with E-state index in [2.05, 4.69) is 26.1 Å². The van der Waals surface area contributed by atoms with Crippen LogP contribution in [0.4, 0.5) is 0 Å². The number of aliphatic hydroxyl groups excluding tert-OH is 7. The van der Waals surface area contributed by atoms with Crippen molar-refractivity contribution in [3.05, 3.63) is 11.8 Å². The molecule has 0 bridgehead atoms. The van der Waals surface area contributed by atoms with Gasteiger partial charge in [0.25, 0.3) is 0 Å². The van der Waals surface area contributed by atoms with Crippen molar-refractivity contribution in [3.63, 3.8) is 0 Å². The highest BCUT2D eigenvalue weighted by Crippen LogP contribution is 2.23. The molecule has 20 N–H and O–H groups in total. The summed E-state index contributed by atoms with van der Waals surface area (Å²) in [5, 5.41) is 66.7. The molecule has 0 spiro atoms. The van der Waals surface area contributed by atoms with Crippen LogP contribution in [0, 0.1) is 5.92 Å². The summed E-state index contributed by atoms with van der Waals surface area (Å²) in [6, 6.07) is -1.03. The van der Waals surface area contributed by atoms with Crippen LogP contribution in [0.1, 0.15) is 85.5 Å². The first-order chi connectivity index (χ1) is 24.5. The Morgan fingerprint density at radius 3 is 1.98 bits per heavy atom. The summed E-state index contributed by atoms with van der Waals surface area (Å²) < 4.78 is 15.0. The monoisotopic (exact) mass is 756 g/mol. The fraction of sp³-hybridized carbons (Fsp3) is 0.912. The number of unbranched alkanes of at least 4 members (excludes halogenated alkanes) is 1. The Morgan fingerprint density at radius 1 is 0.904 bits per heavy atom. The molecule has 7 unspecified atom stereocenters. The predicted molar refractivity (Wildman–Crippen MR) is 197 cm³/mol. The molecule has 1 saturated carbocycles. The maximum absolute atomic E-state index is 11.6. The summed E-state index contributed by atoms with van der Waals surface area (Å²) in [5.41, 5.74) is 32.5. The van der Waals surface area contributed by atoms with Crippen molar-refractivity contribution in [2.45, 2.75) is 165 Å². The molecule has 4 aliphatic rings. The van der Waals surface area contributed by atoms with Gasteiger partial charge in [0, 0.05) is 31.5 Å². The summed E-state index contributed by atoms with van der Waals surface area (Å²) in [4.78, 5) is 11.6. The van der Waals surface area contributed by atoms with Crippen molar-refractivity contribution >= 4 is 5.91 Å². The Balaban J connectivity index is 0.000000655. The van der Waals surface area contributed by atoms with E-state index in [0.717, 1.165) is 25.0 Å². The molecular formula is C34H73N7O11.